The highest BCUT2D eigenvalue weighted by Crippen LogP contribution is 2.30. The van der Waals surface area contributed by atoms with Gasteiger partial charge in [-0.25, -0.2) is 9.97 Å². The molecule has 2 heterocycles. The second-order valence-electron chi connectivity index (χ2n) is 8.55. The summed E-state index contributed by atoms with van der Waals surface area (Å²) in [5.41, 5.74) is 2.89. The molecule has 27 heavy (non-hydrogen) atoms. The second kappa shape index (κ2) is 7.87. The van der Waals surface area contributed by atoms with Crippen LogP contribution in [0.25, 0.3) is 0 Å². The summed E-state index contributed by atoms with van der Waals surface area (Å²) in [6.45, 7) is 7.59. The van der Waals surface area contributed by atoms with E-state index in [-0.39, 0.29) is 0 Å². The molecule has 0 radical (unpaired) electrons. The molecule has 0 saturated heterocycles. The van der Waals surface area contributed by atoms with Gasteiger partial charge in [-0.15, -0.1) is 0 Å². The molecule has 4 heteroatoms. The topological polar surface area (TPSA) is 41.1 Å². The Balaban J connectivity index is 1.63. The number of anilines is 2. The summed E-state index contributed by atoms with van der Waals surface area (Å²) in [4.78, 5) is 12.2. The Hall–Kier alpha value is -2.10. The SMILES string of the molecule is CC(C)c1nc(NC2CCCCC2)cc(N2Cc3ccccc3C[C@@H]2C)n1. The molecule has 1 N–H and O–H groups in total. The van der Waals surface area contributed by atoms with E-state index in [2.05, 4.69) is 61.3 Å². The van der Waals surface area contributed by atoms with E-state index in [1.807, 2.05) is 0 Å². The van der Waals surface area contributed by atoms with Crippen molar-refractivity contribution in [2.45, 2.75) is 83.8 Å². The molecule has 4 rings (SSSR count). The number of aromatic nitrogens is 2. The average molecular weight is 365 g/mol. The third kappa shape index (κ3) is 4.10. The standard InChI is InChI=1S/C23H32N4/c1-16(2)23-25-21(24-20-11-5-4-6-12-20)14-22(26-23)27-15-19-10-8-7-9-18(19)13-17(27)3/h7-10,14,16-17,20H,4-6,11-13,15H2,1-3H3,(H,24,25,26)/t17-/m0/s1. The van der Waals surface area contributed by atoms with Crippen LogP contribution in [-0.4, -0.2) is 22.1 Å². The number of rotatable bonds is 4. The van der Waals surface area contributed by atoms with Crippen LogP contribution in [0.2, 0.25) is 0 Å². The van der Waals surface area contributed by atoms with Gasteiger partial charge in [-0.1, -0.05) is 57.4 Å². The first-order valence-corrected chi connectivity index (χ1v) is 10.6. The summed E-state index contributed by atoms with van der Waals surface area (Å²) in [7, 11) is 0. The van der Waals surface area contributed by atoms with Crippen molar-refractivity contribution in [2.24, 2.45) is 0 Å². The van der Waals surface area contributed by atoms with Gasteiger partial charge in [0.25, 0.3) is 0 Å². The molecular formula is C23H32N4. The summed E-state index contributed by atoms with van der Waals surface area (Å²) in [5, 5.41) is 3.71. The number of nitrogens with zero attached hydrogens (tertiary/aromatic N) is 3. The maximum absolute atomic E-state index is 4.95. The lowest BCUT2D eigenvalue weighted by Gasteiger charge is -2.36. The van der Waals surface area contributed by atoms with E-state index in [1.165, 1.54) is 43.2 Å². The molecule has 4 nitrogen and oxygen atoms in total. The summed E-state index contributed by atoms with van der Waals surface area (Å²) in [5.74, 6) is 3.33. The molecule has 0 unspecified atom stereocenters. The van der Waals surface area contributed by atoms with Crippen molar-refractivity contribution in [3.8, 4) is 0 Å². The highest BCUT2D eigenvalue weighted by atomic mass is 15.2. The van der Waals surface area contributed by atoms with Crippen molar-refractivity contribution in [3.05, 3.63) is 47.3 Å². The van der Waals surface area contributed by atoms with E-state index in [1.54, 1.807) is 0 Å². The predicted molar refractivity (Wildman–Crippen MR) is 112 cm³/mol. The van der Waals surface area contributed by atoms with Gasteiger partial charge in [-0.2, -0.15) is 0 Å². The maximum atomic E-state index is 4.95. The van der Waals surface area contributed by atoms with Crippen LogP contribution in [0.5, 0.6) is 0 Å². The Morgan fingerprint density at radius 1 is 1.04 bits per heavy atom. The zero-order valence-corrected chi connectivity index (χ0v) is 16.9. The van der Waals surface area contributed by atoms with Gasteiger partial charge < -0.3 is 10.2 Å². The number of hydrogen-bond acceptors (Lipinski definition) is 4. The molecule has 1 atom stereocenters. The molecule has 0 bridgehead atoms. The first-order chi connectivity index (χ1) is 13.1. The molecule has 1 aromatic carbocycles. The third-order valence-corrected chi connectivity index (χ3v) is 6.00. The molecule has 144 valence electrons. The van der Waals surface area contributed by atoms with Crippen LogP contribution in [-0.2, 0) is 13.0 Å². The molecule has 2 aromatic rings. The first kappa shape index (κ1) is 18.3. The number of benzene rings is 1. The van der Waals surface area contributed by atoms with Crippen molar-refractivity contribution in [1.29, 1.82) is 0 Å². The lowest BCUT2D eigenvalue weighted by Crippen LogP contribution is -2.39. The zero-order chi connectivity index (χ0) is 18.8. The van der Waals surface area contributed by atoms with Crippen LogP contribution in [0.3, 0.4) is 0 Å². The highest BCUT2D eigenvalue weighted by molar-refractivity contribution is 5.53. The fourth-order valence-corrected chi connectivity index (χ4v) is 4.37. The predicted octanol–water partition coefficient (Wildman–Crippen LogP) is 5.30. The minimum absolute atomic E-state index is 0.323. The fraction of sp³-hybridized carbons (Fsp3) is 0.565. The van der Waals surface area contributed by atoms with Crippen LogP contribution in [0, 0.1) is 0 Å². The molecule has 2 aliphatic rings. The van der Waals surface area contributed by atoms with Crippen LogP contribution >= 0.6 is 0 Å². The normalized spacial score (nSPS) is 20.6. The minimum atomic E-state index is 0.323. The van der Waals surface area contributed by atoms with Gasteiger partial charge in [-0.3, -0.25) is 0 Å². The summed E-state index contributed by atoms with van der Waals surface area (Å²) >= 11 is 0. The Morgan fingerprint density at radius 3 is 2.52 bits per heavy atom. The number of nitrogens with one attached hydrogen (secondary N) is 1. The van der Waals surface area contributed by atoms with Crippen molar-refractivity contribution < 1.29 is 0 Å². The van der Waals surface area contributed by atoms with Gasteiger partial charge in [0.15, 0.2) is 0 Å². The van der Waals surface area contributed by atoms with Gasteiger partial charge in [0.05, 0.1) is 0 Å². The van der Waals surface area contributed by atoms with E-state index in [9.17, 15) is 0 Å². The van der Waals surface area contributed by atoms with E-state index in [0.29, 0.717) is 18.0 Å². The van der Waals surface area contributed by atoms with Gasteiger partial charge >= 0.3 is 0 Å². The van der Waals surface area contributed by atoms with E-state index in [4.69, 9.17) is 9.97 Å². The molecule has 1 fully saturated rings. The smallest absolute Gasteiger partial charge is 0.135 e. The lowest BCUT2D eigenvalue weighted by molar-refractivity contribution is 0.461. The Morgan fingerprint density at radius 2 is 1.78 bits per heavy atom. The maximum Gasteiger partial charge on any atom is 0.135 e. The lowest BCUT2D eigenvalue weighted by atomic mass is 9.95. The Bertz CT molecular complexity index is 780. The monoisotopic (exact) mass is 364 g/mol. The third-order valence-electron chi connectivity index (χ3n) is 6.00. The molecule has 1 aromatic heterocycles. The quantitative estimate of drug-likeness (QED) is 0.800. The van der Waals surface area contributed by atoms with Gasteiger partial charge in [0.2, 0.25) is 0 Å². The van der Waals surface area contributed by atoms with Crippen LogP contribution in [0.15, 0.2) is 30.3 Å². The van der Waals surface area contributed by atoms with Crippen LogP contribution < -0.4 is 10.2 Å². The zero-order valence-electron chi connectivity index (χ0n) is 16.9. The second-order valence-corrected chi connectivity index (χ2v) is 8.55. The summed E-state index contributed by atoms with van der Waals surface area (Å²) in [6, 6.07) is 12.0. The number of fused-ring (bicyclic) bond motifs is 1. The average Bonchev–Trinajstić information content (AvgIpc) is 2.68. The minimum Gasteiger partial charge on any atom is -0.367 e. The summed E-state index contributed by atoms with van der Waals surface area (Å²) < 4.78 is 0. The Labute approximate surface area is 163 Å². The molecule has 1 saturated carbocycles. The van der Waals surface area contributed by atoms with Gasteiger partial charge in [0, 0.05) is 30.6 Å². The van der Waals surface area contributed by atoms with Crippen LogP contribution in [0.1, 0.15) is 75.7 Å². The highest BCUT2D eigenvalue weighted by Gasteiger charge is 2.25. The largest absolute Gasteiger partial charge is 0.367 e. The van der Waals surface area contributed by atoms with Crippen molar-refractivity contribution in [3.63, 3.8) is 0 Å². The molecule has 0 amide bonds. The Kier molecular flexibility index (Phi) is 5.33. The van der Waals surface area contributed by atoms with Gasteiger partial charge in [-0.05, 0) is 37.3 Å². The fourth-order valence-electron chi connectivity index (χ4n) is 4.37. The molecule has 1 aliphatic heterocycles. The van der Waals surface area contributed by atoms with Crippen molar-refractivity contribution >= 4 is 11.6 Å². The van der Waals surface area contributed by atoms with Crippen molar-refractivity contribution in [2.75, 3.05) is 10.2 Å². The van der Waals surface area contributed by atoms with E-state index < -0.39 is 0 Å². The number of hydrogen-bond donors (Lipinski definition) is 1. The van der Waals surface area contributed by atoms with Crippen LogP contribution in [0.4, 0.5) is 11.6 Å². The van der Waals surface area contributed by atoms with Gasteiger partial charge in [0.1, 0.15) is 17.5 Å². The first-order valence-electron chi connectivity index (χ1n) is 10.6. The van der Waals surface area contributed by atoms with E-state index in [0.717, 1.165) is 30.4 Å². The molecular weight excluding hydrogens is 332 g/mol. The van der Waals surface area contributed by atoms with E-state index >= 15 is 0 Å². The summed E-state index contributed by atoms with van der Waals surface area (Å²) in [6.07, 6.45) is 7.60. The molecule has 1 aliphatic carbocycles. The molecule has 0 spiro atoms. The van der Waals surface area contributed by atoms with Crippen molar-refractivity contribution in [1.82, 2.24) is 9.97 Å².